The number of hydrogen-bond acceptors (Lipinski definition) is 5. The third-order valence-corrected chi connectivity index (χ3v) is 9.88. The molecule has 252 valence electrons. The molecule has 0 bridgehead atoms. The van der Waals surface area contributed by atoms with Crippen LogP contribution in [0.25, 0.3) is 17.4 Å². The predicted molar refractivity (Wildman–Crippen MR) is 203 cm³/mol. The Morgan fingerprint density at radius 1 is 0.765 bits per heavy atom. The molecule has 1 unspecified atom stereocenters. The molecular weight excluding hydrogens is 655 g/mol. The van der Waals surface area contributed by atoms with E-state index in [4.69, 9.17) is 4.42 Å². The van der Waals surface area contributed by atoms with Gasteiger partial charge >= 0.3 is 0 Å². The molecule has 0 fully saturated rings. The number of anilines is 2. The predicted octanol–water partition coefficient (Wildman–Crippen LogP) is 9.09. The second kappa shape index (κ2) is 15.2. The SMILES string of the molecule is Cc1ccc(-c2ccc(/C=C(\NC(=O)c3ccccc3)C(=O)Nc3ccc(SC(C(=O)N4CCc5ccccc54)c4ccccc4)cc3)o2)cc1. The van der Waals surface area contributed by atoms with Gasteiger partial charge in [0.15, 0.2) is 0 Å². The van der Waals surface area contributed by atoms with Gasteiger partial charge in [-0.3, -0.25) is 14.4 Å². The minimum absolute atomic E-state index is 0.0211. The number of rotatable bonds is 10. The fourth-order valence-corrected chi connectivity index (χ4v) is 7.02. The van der Waals surface area contributed by atoms with Crippen molar-refractivity contribution >= 4 is 46.9 Å². The Hall–Kier alpha value is -6.12. The normalized spacial score (nSPS) is 13.0. The maximum Gasteiger partial charge on any atom is 0.272 e. The molecule has 3 amide bonds. The van der Waals surface area contributed by atoms with E-state index in [1.54, 1.807) is 42.5 Å². The molecule has 5 aromatic carbocycles. The topological polar surface area (TPSA) is 91.7 Å². The summed E-state index contributed by atoms with van der Waals surface area (Å²) in [5, 5.41) is 5.21. The molecule has 7 rings (SSSR count). The molecule has 6 aromatic rings. The van der Waals surface area contributed by atoms with Crippen LogP contribution in [0.15, 0.2) is 161 Å². The fourth-order valence-electron chi connectivity index (χ4n) is 5.94. The quantitative estimate of drug-likeness (QED) is 0.111. The Labute approximate surface area is 301 Å². The number of para-hydroxylation sites is 1. The molecule has 2 heterocycles. The van der Waals surface area contributed by atoms with Crippen LogP contribution < -0.4 is 15.5 Å². The molecule has 1 aliphatic heterocycles. The Kier molecular flexibility index (Phi) is 9.94. The summed E-state index contributed by atoms with van der Waals surface area (Å²) >= 11 is 1.47. The van der Waals surface area contributed by atoms with Crippen LogP contribution in [0.3, 0.4) is 0 Å². The molecule has 1 aliphatic rings. The van der Waals surface area contributed by atoms with Crippen LogP contribution in [0.4, 0.5) is 11.4 Å². The summed E-state index contributed by atoms with van der Waals surface area (Å²) in [5.74, 6) is 0.142. The van der Waals surface area contributed by atoms with E-state index in [0.717, 1.165) is 33.7 Å². The van der Waals surface area contributed by atoms with Gasteiger partial charge in [0.2, 0.25) is 5.91 Å². The zero-order chi connectivity index (χ0) is 35.2. The number of thioether (sulfide) groups is 1. The maximum atomic E-state index is 14.0. The van der Waals surface area contributed by atoms with Crippen LogP contribution in [0.2, 0.25) is 0 Å². The van der Waals surface area contributed by atoms with Crippen molar-refractivity contribution < 1.29 is 18.8 Å². The molecular formula is C43H35N3O4S. The monoisotopic (exact) mass is 689 g/mol. The van der Waals surface area contributed by atoms with Crippen LogP contribution >= 0.6 is 11.8 Å². The highest BCUT2D eigenvalue weighted by Gasteiger charge is 2.31. The summed E-state index contributed by atoms with van der Waals surface area (Å²) < 4.78 is 6.05. The summed E-state index contributed by atoms with van der Waals surface area (Å²) in [6.45, 7) is 2.67. The number of carbonyl (C=O) groups is 3. The minimum atomic E-state index is -0.516. The summed E-state index contributed by atoms with van der Waals surface area (Å²) in [6, 6.07) is 45.4. The Morgan fingerprint density at radius 2 is 1.45 bits per heavy atom. The second-order valence-corrected chi connectivity index (χ2v) is 13.4. The van der Waals surface area contributed by atoms with Gasteiger partial charge in [0.1, 0.15) is 22.5 Å². The Bertz CT molecular complexity index is 2190. The lowest BCUT2D eigenvalue weighted by Crippen LogP contribution is -2.32. The van der Waals surface area contributed by atoms with E-state index in [2.05, 4.69) is 16.7 Å². The molecule has 2 N–H and O–H groups in total. The van der Waals surface area contributed by atoms with Crippen LogP contribution in [0, 0.1) is 6.92 Å². The van der Waals surface area contributed by atoms with Gasteiger partial charge in [-0.05, 0) is 79.1 Å². The summed E-state index contributed by atoms with van der Waals surface area (Å²) in [7, 11) is 0. The van der Waals surface area contributed by atoms with E-state index in [1.807, 2.05) is 109 Å². The Morgan fingerprint density at radius 3 is 2.20 bits per heavy atom. The lowest BCUT2D eigenvalue weighted by molar-refractivity contribution is -0.118. The molecule has 1 aromatic heterocycles. The van der Waals surface area contributed by atoms with Crippen molar-refractivity contribution in [1.29, 1.82) is 0 Å². The molecule has 51 heavy (non-hydrogen) atoms. The molecule has 0 aliphatic carbocycles. The van der Waals surface area contributed by atoms with Crippen molar-refractivity contribution in [3.8, 4) is 11.3 Å². The zero-order valence-corrected chi connectivity index (χ0v) is 28.7. The second-order valence-electron chi connectivity index (χ2n) is 12.2. The van der Waals surface area contributed by atoms with Gasteiger partial charge in [-0.1, -0.05) is 96.6 Å². The number of aryl methyl sites for hydroxylation is 1. The number of benzene rings is 5. The highest BCUT2D eigenvalue weighted by atomic mass is 32.2. The summed E-state index contributed by atoms with van der Waals surface area (Å²) in [4.78, 5) is 43.6. The van der Waals surface area contributed by atoms with Crippen molar-refractivity contribution in [2.45, 2.75) is 23.5 Å². The van der Waals surface area contributed by atoms with Gasteiger partial charge in [-0.2, -0.15) is 0 Å². The number of nitrogens with one attached hydrogen (secondary N) is 2. The van der Waals surface area contributed by atoms with Gasteiger partial charge in [0, 0.05) is 40.0 Å². The van der Waals surface area contributed by atoms with Crippen LogP contribution in [0.5, 0.6) is 0 Å². The van der Waals surface area contributed by atoms with E-state index in [1.165, 1.54) is 23.4 Å². The number of furan rings is 1. The lowest BCUT2D eigenvalue weighted by atomic mass is 10.1. The number of hydrogen-bond donors (Lipinski definition) is 2. The summed E-state index contributed by atoms with van der Waals surface area (Å²) in [5.41, 5.74) is 6.06. The summed E-state index contributed by atoms with van der Waals surface area (Å²) in [6.07, 6.45) is 2.35. The van der Waals surface area contributed by atoms with Crippen molar-refractivity contribution in [2.24, 2.45) is 0 Å². The molecule has 0 radical (unpaired) electrons. The lowest BCUT2D eigenvalue weighted by Gasteiger charge is -2.24. The molecule has 0 saturated carbocycles. The third-order valence-electron chi connectivity index (χ3n) is 8.62. The first-order valence-electron chi connectivity index (χ1n) is 16.7. The minimum Gasteiger partial charge on any atom is -0.457 e. The smallest absolute Gasteiger partial charge is 0.272 e. The first-order chi connectivity index (χ1) is 24.9. The van der Waals surface area contributed by atoms with Crippen molar-refractivity contribution in [3.05, 3.63) is 179 Å². The largest absolute Gasteiger partial charge is 0.457 e. The van der Waals surface area contributed by atoms with E-state index >= 15 is 0 Å². The Balaban J connectivity index is 1.10. The number of nitrogens with zero attached hydrogens (tertiary/aromatic N) is 1. The van der Waals surface area contributed by atoms with Crippen molar-refractivity contribution in [3.63, 3.8) is 0 Å². The number of amides is 3. The molecule has 7 nitrogen and oxygen atoms in total. The number of carbonyl (C=O) groups excluding carboxylic acids is 3. The van der Waals surface area contributed by atoms with Gasteiger partial charge in [0.25, 0.3) is 11.8 Å². The fraction of sp³-hybridized carbons (Fsp3) is 0.0930. The van der Waals surface area contributed by atoms with E-state index in [9.17, 15) is 14.4 Å². The van der Waals surface area contributed by atoms with Crippen molar-refractivity contribution in [1.82, 2.24) is 5.32 Å². The van der Waals surface area contributed by atoms with Gasteiger partial charge < -0.3 is 20.0 Å². The van der Waals surface area contributed by atoms with Crippen LogP contribution in [-0.2, 0) is 16.0 Å². The van der Waals surface area contributed by atoms with E-state index in [0.29, 0.717) is 29.3 Å². The number of fused-ring (bicyclic) bond motifs is 1. The van der Waals surface area contributed by atoms with E-state index in [-0.39, 0.29) is 11.6 Å². The van der Waals surface area contributed by atoms with Gasteiger partial charge in [-0.25, -0.2) is 0 Å². The average molecular weight is 690 g/mol. The first kappa shape index (κ1) is 33.4. The molecule has 0 saturated heterocycles. The zero-order valence-electron chi connectivity index (χ0n) is 27.9. The van der Waals surface area contributed by atoms with Crippen molar-refractivity contribution in [2.75, 3.05) is 16.8 Å². The molecule has 0 spiro atoms. The molecule has 1 atom stereocenters. The highest BCUT2D eigenvalue weighted by Crippen LogP contribution is 2.40. The highest BCUT2D eigenvalue weighted by molar-refractivity contribution is 8.00. The molecule has 8 heteroatoms. The van der Waals surface area contributed by atoms with E-state index < -0.39 is 17.1 Å². The maximum absolute atomic E-state index is 14.0. The third kappa shape index (κ3) is 7.87. The standard InChI is InChI=1S/C43H35N3O4S/c1-29-16-18-31(19-17-29)39-25-22-35(50-39)28-37(45-41(47)33-13-6-3-7-14-33)42(48)44-34-20-23-36(24-21-34)51-40(32-11-4-2-5-12-32)43(49)46-27-26-30-10-8-9-15-38(30)46/h2-25,28,40H,26-27H2,1H3,(H,44,48)(H,45,47)/b37-28-. The van der Waals surface area contributed by atoms with Gasteiger partial charge in [-0.15, -0.1) is 11.8 Å². The van der Waals surface area contributed by atoms with Crippen LogP contribution in [-0.4, -0.2) is 24.3 Å². The van der Waals surface area contributed by atoms with Crippen LogP contribution in [0.1, 0.15) is 38.1 Å². The average Bonchev–Trinajstić information content (AvgIpc) is 3.83. The van der Waals surface area contributed by atoms with Gasteiger partial charge in [0.05, 0.1) is 0 Å². The first-order valence-corrected chi connectivity index (χ1v) is 17.6.